The van der Waals surface area contributed by atoms with Gasteiger partial charge in [0.05, 0.1) is 38.5 Å². The first-order chi connectivity index (χ1) is 16.9. The molecule has 1 aromatic carbocycles. The van der Waals surface area contributed by atoms with Crippen molar-refractivity contribution in [3.05, 3.63) is 35.0 Å². The van der Waals surface area contributed by atoms with Crippen molar-refractivity contribution < 1.29 is 33.3 Å². The van der Waals surface area contributed by atoms with Crippen LogP contribution in [0.3, 0.4) is 0 Å². The zero-order valence-electron chi connectivity index (χ0n) is 20.7. The summed E-state index contributed by atoms with van der Waals surface area (Å²) in [4.78, 5) is 41.4. The summed E-state index contributed by atoms with van der Waals surface area (Å²) in [5.74, 6) is 0.551. The summed E-state index contributed by atoms with van der Waals surface area (Å²) in [6.07, 6.45) is -0.335. The number of hydrogen-bond donors (Lipinski definition) is 2. The summed E-state index contributed by atoms with van der Waals surface area (Å²) < 4.78 is 21.5. The van der Waals surface area contributed by atoms with Crippen LogP contribution >= 0.6 is 0 Å². The quantitative estimate of drug-likeness (QED) is 0.505. The van der Waals surface area contributed by atoms with Crippen molar-refractivity contribution in [2.24, 2.45) is 0 Å². The number of amides is 3. The van der Waals surface area contributed by atoms with Crippen LogP contribution in [0.5, 0.6) is 11.5 Å². The van der Waals surface area contributed by atoms with Gasteiger partial charge < -0.3 is 34.5 Å². The molecule has 35 heavy (non-hydrogen) atoms. The van der Waals surface area contributed by atoms with E-state index in [4.69, 9.17) is 18.9 Å². The monoisotopic (exact) mass is 490 g/mol. The lowest BCUT2D eigenvalue weighted by Gasteiger charge is -2.36. The SMILES string of the molecule is CCOC(=O)C1=C(CN2CCN(C(=O)OCC)CC2)NC(=O)N[C@H]1c1ccc(OCC)c(OC)c1. The Morgan fingerprint density at radius 1 is 1.00 bits per heavy atom. The molecule has 11 heteroatoms. The second kappa shape index (κ2) is 12.3. The molecule has 2 aliphatic rings. The van der Waals surface area contributed by atoms with Crippen molar-refractivity contribution in [3.63, 3.8) is 0 Å². The number of piperazine rings is 1. The van der Waals surface area contributed by atoms with E-state index in [9.17, 15) is 14.4 Å². The maximum Gasteiger partial charge on any atom is 0.409 e. The molecule has 1 aromatic rings. The topological polar surface area (TPSA) is 119 Å². The minimum absolute atomic E-state index is 0.196. The Kier molecular flexibility index (Phi) is 9.18. The zero-order valence-corrected chi connectivity index (χ0v) is 20.7. The van der Waals surface area contributed by atoms with Gasteiger partial charge in [0.25, 0.3) is 0 Å². The molecule has 192 valence electrons. The fourth-order valence-electron chi connectivity index (χ4n) is 4.11. The highest BCUT2D eigenvalue weighted by molar-refractivity contribution is 5.95. The van der Waals surface area contributed by atoms with E-state index in [1.807, 2.05) is 6.92 Å². The van der Waals surface area contributed by atoms with Crippen molar-refractivity contribution in [2.45, 2.75) is 26.8 Å². The lowest BCUT2D eigenvalue weighted by Crippen LogP contribution is -2.52. The van der Waals surface area contributed by atoms with Crippen molar-refractivity contribution >= 4 is 18.1 Å². The van der Waals surface area contributed by atoms with Gasteiger partial charge in [0.1, 0.15) is 0 Å². The Balaban J connectivity index is 1.89. The third kappa shape index (κ3) is 6.36. The van der Waals surface area contributed by atoms with Gasteiger partial charge in [-0.1, -0.05) is 6.07 Å². The van der Waals surface area contributed by atoms with Gasteiger partial charge in [0.15, 0.2) is 11.5 Å². The second-order valence-corrected chi connectivity index (χ2v) is 7.95. The molecule has 2 N–H and O–H groups in total. The molecule has 0 unspecified atom stereocenters. The second-order valence-electron chi connectivity index (χ2n) is 7.95. The highest BCUT2D eigenvalue weighted by Gasteiger charge is 2.35. The predicted molar refractivity (Wildman–Crippen MR) is 127 cm³/mol. The average molecular weight is 491 g/mol. The first-order valence-corrected chi connectivity index (χ1v) is 11.8. The number of benzene rings is 1. The fraction of sp³-hybridized carbons (Fsp3) is 0.542. The summed E-state index contributed by atoms with van der Waals surface area (Å²) in [6.45, 7) is 8.83. The molecule has 0 bridgehead atoms. The summed E-state index contributed by atoms with van der Waals surface area (Å²) >= 11 is 0. The average Bonchev–Trinajstić information content (AvgIpc) is 2.84. The first kappa shape index (κ1) is 26.1. The molecule has 2 aliphatic heterocycles. The number of urea groups is 1. The van der Waals surface area contributed by atoms with Gasteiger partial charge in [0, 0.05) is 38.4 Å². The molecule has 1 saturated heterocycles. The molecule has 0 radical (unpaired) electrons. The Labute approximate surface area is 205 Å². The van der Waals surface area contributed by atoms with Crippen LogP contribution in [0.2, 0.25) is 0 Å². The Bertz CT molecular complexity index is 957. The van der Waals surface area contributed by atoms with Gasteiger partial charge in [-0.05, 0) is 38.5 Å². The number of rotatable bonds is 9. The van der Waals surface area contributed by atoms with E-state index in [1.165, 1.54) is 7.11 Å². The molecule has 3 rings (SSSR count). The number of hydrogen-bond acceptors (Lipinski definition) is 8. The minimum Gasteiger partial charge on any atom is -0.493 e. The standard InChI is InChI=1S/C24H34N4O7/c1-5-33-18-9-8-16(14-19(18)32-4)21-20(22(29)34-6-2)17(25-23(30)26-21)15-27-10-12-28(13-11-27)24(31)35-7-3/h8-9,14,21H,5-7,10-13,15H2,1-4H3,(H2,25,26,30)/t21-/m0/s1. The molecule has 0 aromatic heterocycles. The molecule has 0 spiro atoms. The maximum absolute atomic E-state index is 13.1. The van der Waals surface area contributed by atoms with E-state index in [2.05, 4.69) is 15.5 Å². The molecule has 1 atom stereocenters. The van der Waals surface area contributed by atoms with Crippen LogP contribution in [0.1, 0.15) is 32.4 Å². The van der Waals surface area contributed by atoms with Crippen molar-refractivity contribution in [1.29, 1.82) is 0 Å². The van der Waals surface area contributed by atoms with Crippen LogP contribution in [0, 0.1) is 0 Å². The van der Waals surface area contributed by atoms with Gasteiger partial charge in [-0.3, -0.25) is 4.90 Å². The van der Waals surface area contributed by atoms with E-state index >= 15 is 0 Å². The number of methoxy groups -OCH3 is 1. The third-order valence-electron chi connectivity index (χ3n) is 5.75. The van der Waals surface area contributed by atoms with Crippen LogP contribution in [-0.2, 0) is 14.3 Å². The molecule has 2 heterocycles. The summed E-state index contributed by atoms with van der Waals surface area (Å²) in [5, 5.41) is 5.63. The highest BCUT2D eigenvalue weighted by atomic mass is 16.6. The largest absolute Gasteiger partial charge is 0.493 e. The smallest absolute Gasteiger partial charge is 0.409 e. The molecular formula is C24H34N4O7. The molecule has 0 saturated carbocycles. The first-order valence-electron chi connectivity index (χ1n) is 11.8. The van der Waals surface area contributed by atoms with E-state index in [0.717, 1.165) is 0 Å². The van der Waals surface area contributed by atoms with Crippen LogP contribution in [-0.4, -0.2) is 87.5 Å². The fourth-order valence-corrected chi connectivity index (χ4v) is 4.11. The molecule has 3 amide bonds. The maximum atomic E-state index is 13.1. The van der Waals surface area contributed by atoms with Gasteiger partial charge in [-0.25, -0.2) is 14.4 Å². The number of carbonyl (C=O) groups excluding carboxylic acids is 3. The van der Waals surface area contributed by atoms with E-state index in [1.54, 1.807) is 36.9 Å². The lowest BCUT2D eigenvalue weighted by molar-refractivity contribution is -0.139. The van der Waals surface area contributed by atoms with Crippen molar-refractivity contribution in [3.8, 4) is 11.5 Å². The normalized spacial score (nSPS) is 18.5. The van der Waals surface area contributed by atoms with Crippen LogP contribution in [0.15, 0.2) is 29.5 Å². The minimum atomic E-state index is -0.733. The molecular weight excluding hydrogens is 456 g/mol. The summed E-state index contributed by atoms with van der Waals surface area (Å²) in [7, 11) is 1.53. The highest BCUT2D eigenvalue weighted by Crippen LogP contribution is 2.35. The summed E-state index contributed by atoms with van der Waals surface area (Å²) in [6, 6.07) is 4.14. The van der Waals surface area contributed by atoms with Crippen LogP contribution in [0.25, 0.3) is 0 Å². The number of nitrogens with zero attached hydrogens (tertiary/aromatic N) is 2. The van der Waals surface area contributed by atoms with E-state index in [0.29, 0.717) is 74.3 Å². The van der Waals surface area contributed by atoms with Crippen molar-refractivity contribution in [1.82, 2.24) is 20.4 Å². The Hall–Kier alpha value is -3.47. The number of esters is 1. The van der Waals surface area contributed by atoms with Crippen LogP contribution < -0.4 is 20.1 Å². The Morgan fingerprint density at radius 2 is 1.71 bits per heavy atom. The zero-order chi connectivity index (χ0) is 25.4. The van der Waals surface area contributed by atoms with Gasteiger partial charge in [0.2, 0.25) is 0 Å². The Morgan fingerprint density at radius 3 is 2.34 bits per heavy atom. The van der Waals surface area contributed by atoms with Gasteiger partial charge >= 0.3 is 18.1 Å². The number of nitrogens with one attached hydrogen (secondary N) is 2. The molecule has 0 aliphatic carbocycles. The number of carbonyl (C=O) groups is 3. The van der Waals surface area contributed by atoms with Crippen molar-refractivity contribution in [2.75, 3.05) is 59.7 Å². The van der Waals surface area contributed by atoms with Crippen LogP contribution in [0.4, 0.5) is 9.59 Å². The van der Waals surface area contributed by atoms with Gasteiger partial charge in [-0.15, -0.1) is 0 Å². The lowest BCUT2D eigenvalue weighted by atomic mass is 9.94. The third-order valence-corrected chi connectivity index (χ3v) is 5.75. The van der Waals surface area contributed by atoms with Gasteiger partial charge in [-0.2, -0.15) is 0 Å². The summed E-state index contributed by atoms with van der Waals surface area (Å²) in [5.41, 5.74) is 1.45. The predicted octanol–water partition coefficient (Wildman–Crippen LogP) is 2.04. The van der Waals surface area contributed by atoms with E-state index < -0.39 is 18.0 Å². The molecule has 11 nitrogen and oxygen atoms in total. The molecule has 1 fully saturated rings. The number of ether oxygens (including phenoxy) is 4. The van der Waals surface area contributed by atoms with E-state index in [-0.39, 0.29) is 12.7 Å².